The van der Waals surface area contributed by atoms with Crippen LogP contribution in [-0.2, 0) is 11.2 Å². The second kappa shape index (κ2) is 3.91. The van der Waals surface area contributed by atoms with Gasteiger partial charge >= 0.3 is 0 Å². The van der Waals surface area contributed by atoms with Crippen LogP contribution >= 0.6 is 0 Å². The lowest BCUT2D eigenvalue weighted by Crippen LogP contribution is -2.47. The Morgan fingerprint density at radius 3 is 2.79 bits per heavy atom. The lowest BCUT2D eigenvalue weighted by atomic mass is 10.1. The minimum Gasteiger partial charge on any atom is -0.288 e. The molecule has 1 amide bonds. The van der Waals surface area contributed by atoms with Crippen molar-refractivity contribution in [3.63, 3.8) is 0 Å². The molecule has 1 atom stereocenters. The summed E-state index contributed by atoms with van der Waals surface area (Å²) >= 11 is 0. The highest BCUT2D eigenvalue weighted by Gasteiger charge is 2.19. The van der Waals surface area contributed by atoms with Crippen molar-refractivity contribution in [2.45, 2.75) is 12.5 Å². The average Bonchev–Trinajstić information content (AvgIpc) is 2.23. The number of hydrogen-bond acceptors (Lipinski definition) is 3. The third-order valence-electron chi connectivity index (χ3n) is 2.09. The first-order valence-corrected chi connectivity index (χ1v) is 4.47. The van der Waals surface area contributed by atoms with Crippen molar-refractivity contribution in [3.05, 3.63) is 35.9 Å². The molecule has 0 fully saturated rings. The van der Waals surface area contributed by atoms with E-state index < -0.39 is 0 Å². The Morgan fingerprint density at radius 1 is 1.29 bits per heavy atom. The van der Waals surface area contributed by atoms with E-state index in [1.807, 2.05) is 30.3 Å². The molecule has 0 saturated carbocycles. The van der Waals surface area contributed by atoms with Crippen LogP contribution in [0.3, 0.4) is 0 Å². The van der Waals surface area contributed by atoms with Crippen molar-refractivity contribution in [2.75, 3.05) is 0 Å². The molecule has 0 bridgehead atoms. The summed E-state index contributed by atoms with van der Waals surface area (Å²) in [5.74, 6) is -0.0867. The van der Waals surface area contributed by atoms with Crippen molar-refractivity contribution in [1.82, 2.24) is 10.9 Å². The summed E-state index contributed by atoms with van der Waals surface area (Å²) in [6, 6.07) is 9.54. The lowest BCUT2D eigenvalue weighted by Gasteiger charge is -2.16. The van der Waals surface area contributed by atoms with Crippen molar-refractivity contribution < 1.29 is 4.79 Å². The standard InChI is InChI=1S/C10H11N3O/c14-10-9(11-7-12-13-10)6-8-4-2-1-3-5-8/h1-5,7,9H,6H2,(H,11,12)(H,13,14). The predicted molar refractivity (Wildman–Crippen MR) is 53.7 cm³/mol. The Bertz CT molecular complexity index is 348. The Hall–Kier alpha value is -1.84. The minimum atomic E-state index is -0.307. The second-order valence-corrected chi connectivity index (χ2v) is 3.12. The van der Waals surface area contributed by atoms with Crippen molar-refractivity contribution >= 4 is 12.2 Å². The van der Waals surface area contributed by atoms with E-state index in [2.05, 4.69) is 15.8 Å². The van der Waals surface area contributed by atoms with Gasteiger partial charge in [0.2, 0.25) is 0 Å². The third-order valence-corrected chi connectivity index (χ3v) is 2.09. The van der Waals surface area contributed by atoms with E-state index in [-0.39, 0.29) is 11.9 Å². The van der Waals surface area contributed by atoms with Crippen molar-refractivity contribution in [2.24, 2.45) is 4.99 Å². The summed E-state index contributed by atoms with van der Waals surface area (Å²) < 4.78 is 0. The summed E-state index contributed by atoms with van der Waals surface area (Å²) in [7, 11) is 0. The van der Waals surface area contributed by atoms with Gasteiger partial charge in [-0.25, -0.2) is 0 Å². The number of hydrazine groups is 1. The molecule has 1 aliphatic heterocycles. The summed E-state index contributed by atoms with van der Waals surface area (Å²) in [5, 5.41) is 0. The monoisotopic (exact) mass is 189 g/mol. The van der Waals surface area contributed by atoms with Gasteiger partial charge in [-0.3, -0.25) is 20.6 Å². The van der Waals surface area contributed by atoms with Crippen LogP contribution in [0.2, 0.25) is 0 Å². The third kappa shape index (κ3) is 1.90. The molecule has 4 nitrogen and oxygen atoms in total. The number of aliphatic imine (C=N–C) groups is 1. The Balaban J connectivity index is 2.07. The summed E-state index contributed by atoms with van der Waals surface area (Å²) in [6.07, 6.45) is 2.15. The summed E-state index contributed by atoms with van der Waals surface area (Å²) in [5.41, 5.74) is 6.19. The summed E-state index contributed by atoms with van der Waals surface area (Å²) in [4.78, 5) is 15.4. The maximum Gasteiger partial charge on any atom is 0.263 e. The number of carbonyl (C=O) groups excluding carboxylic acids is 1. The van der Waals surface area contributed by atoms with Crippen molar-refractivity contribution in [3.8, 4) is 0 Å². The Labute approximate surface area is 82.0 Å². The number of carbonyl (C=O) groups is 1. The van der Waals surface area contributed by atoms with Gasteiger partial charge in [-0.2, -0.15) is 0 Å². The average molecular weight is 189 g/mol. The maximum atomic E-state index is 11.3. The van der Waals surface area contributed by atoms with Crippen LogP contribution < -0.4 is 10.9 Å². The quantitative estimate of drug-likeness (QED) is 0.701. The number of nitrogens with one attached hydrogen (secondary N) is 2. The minimum absolute atomic E-state index is 0.0867. The fourth-order valence-corrected chi connectivity index (χ4v) is 1.36. The number of benzene rings is 1. The van der Waals surface area contributed by atoms with Gasteiger partial charge in [0.15, 0.2) is 0 Å². The van der Waals surface area contributed by atoms with Crippen molar-refractivity contribution in [1.29, 1.82) is 0 Å². The van der Waals surface area contributed by atoms with Gasteiger partial charge < -0.3 is 0 Å². The molecule has 1 heterocycles. The van der Waals surface area contributed by atoms with Gasteiger partial charge in [0, 0.05) is 6.42 Å². The Morgan fingerprint density at radius 2 is 2.07 bits per heavy atom. The normalized spacial score (nSPS) is 20.0. The molecule has 1 unspecified atom stereocenters. The molecule has 4 heteroatoms. The number of rotatable bonds is 2. The highest BCUT2D eigenvalue weighted by Crippen LogP contribution is 2.06. The van der Waals surface area contributed by atoms with Gasteiger partial charge in [0.25, 0.3) is 5.91 Å². The Kier molecular flexibility index (Phi) is 2.44. The predicted octanol–water partition coefficient (Wildman–Crippen LogP) is 0.260. The highest BCUT2D eigenvalue weighted by molar-refractivity contribution is 5.86. The first kappa shape index (κ1) is 8.74. The van der Waals surface area contributed by atoms with Gasteiger partial charge in [-0.15, -0.1) is 0 Å². The molecular weight excluding hydrogens is 178 g/mol. The molecule has 0 radical (unpaired) electrons. The van der Waals surface area contributed by atoms with E-state index in [1.165, 1.54) is 6.34 Å². The molecule has 0 aromatic heterocycles. The van der Waals surface area contributed by atoms with E-state index in [1.54, 1.807) is 0 Å². The number of nitrogens with zero attached hydrogens (tertiary/aromatic N) is 1. The van der Waals surface area contributed by atoms with Crippen LogP contribution in [0.5, 0.6) is 0 Å². The van der Waals surface area contributed by atoms with E-state index >= 15 is 0 Å². The topological polar surface area (TPSA) is 53.5 Å². The van der Waals surface area contributed by atoms with E-state index in [0.29, 0.717) is 6.42 Å². The zero-order valence-corrected chi connectivity index (χ0v) is 7.60. The van der Waals surface area contributed by atoms with E-state index in [0.717, 1.165) is 5.56 Å². The van der Waals surface area contributed by atoms with E-state index in [9.17, 15) is 4.79 Å². The van der Waals surface area contributed by atoms with Gasteiger partial charge in [0.05, 0.1) is 0 Å². The van der Waals surface area contributed by atoms with Gasteiger partial charge in [0.1, 0.15) is 12.4 Å². The SMILES string of the molecule is O=C1NNC=NC1Cc1ccccc1. The zero-order chi connectivity index (χ0) is 9.80. The van der Waals surface area contributed by atoms with Gasteiger partial charge in [-0.05, 0) is 5.56 Å². The molecule has 2 N–H and O–H groups in total. The molecule has 14 heavy (non-hydrogen) atoms. The van der Waals surface area contributed by atoms with Gasteiger partial charge in [-0.1, -0.05) is 30.3 Å². The molecular formula is C10H11N3O. The molecule has 1 aromatic carbocycles. The largest absolute Gasteiger partial charge is 0.288 e. The molecule has 0 spiro atoms. The molecule has 72 valence electrons. The van der Waals surface area contributed by atoms with Crippen LogP contribution in [0, 0.1) is 0 Å². The van der Waals surface area contributed by atoms with E-state index in [4.69, 9.17) is 0 Å². The van der Waals surface area contributed by atoms with Crippen LogP contribution in [-0.4, -0.2) is 18.3 Å². The van der Waals surface area contributed by atoms with Crippen LogP contribution in [0.15, 0.2) is 35.3 Å². The smallest absolute Gasteiger partial charge is 0.263 e. The zero-order valence-electron chi connectivity index (χ0n) is 7.60. The lowest BCUT2D eigenvalue weighted by molar-refractivity contribution is -0.123. The first-order chi connectivity index (χ1) is 6.86. The number of amides is 1. The van der Waals surface area contributed by atoms with Crippen LogP contribution in [0.1, 0.15) is 5.56 Å². The fraction of sp³-hybridized carbons (Fsp3) is 0.200. The molecule has 0 saturated heterocycles. The second-order valence-electron chi connectivity index (χ2n) is 3.12. The fourth-order valence-electron chi connectivity index (χ4n) is 1.36. The summed E-state index contributed by atoms with van der Waals surface area (Å²) in [6.45, 7) is 0. The number of hydrogen-bond donors (Lipinski definition) is 2. The molecule has 1 aromatic rings. The first-order valence-electron chi connectivity index (χ1n) is 4.47. The molecule has 0 aliphatic carbocycles. The maximum absolute atomic E-state index is 11.3. The highest BCUT2D eigenvalue weighted by atomic mass is 16.2. The van der Waals surface area contributed by atoms with Crippen LogP contribution in [0.4, 0.5) is 0 Å². The molecule has 2 rings (SSSR count). The van der Waals surface area contributed by atoms with Crippen LogP contribution in [0.25, 0.3) is 0 Å². The molecule has 1 aliphatic rings.